The van der Waals surface area contributed by atoms with Crippen molar-refractivity contribution in [2.75, 3.05) is 12.8 Å². The summed E-state index contributed by atoms with van der Waals surface area (Å²) in [5.41, 5.74) is 2.63. The number of thioether (sulfide) groups is 1. The summed E-state index contributed by atoms with van der Waals surface area (Å²) in [5.74, 6) is 0.479. The summed E-state index contributed by atoms with van der Waals surface area (Å²) in [6, 6.07) is 6.45. The zero-order valence-corrected chi connectivity index (χ0v) is 17.9. The molecule has 8 heteroatoms. The lowest BCUT2D eigenvalue weighted by Gasteiger charge is -2.31. The average molecular weight is 448 g/mol. The minimum atomic E-state index is 0.136. The van der Waals surface area contributed by atoms with E-state index in [0.717, 1.165) is 39.4 Å². The molecule has 1 saturated carbocycles. The Balaban J connectivity index is 1.51. The van der Waals surface area contributed by atoms with E-state index in [1.807, 2.05) is 41.8 Å². The highest BCUT2D eigenvalue weighted by Crippen LogP contribution is 2.29. The Morgan fingerprint density at radius 1 is 1.30 bits per heavy atom. The Morgan fingerprint density at radius 2 is 2.07 bits per heavy atom. The van der Waals surface area contributed by atoms with Crippen molar-refractivity contribution in [1.29, 1.82) is 0 Å². The van der Waals surface area contributed by atoms with Crippen molar-refractivity contribution in [3.8, 4) is 0 Å². The molecule has 3 aromatic rings. The molecule has 0 saturated heterocycles. The van der Waals surface area contributed by atoms with Crippen LogP contribution >= 0.6 is 27.7 Å². The van der Waals surface area contributed by atoms with Crippen LogP contribution in [0.5, 0.6) is 0 Å². The molecular weight excluding hydrogens is 426 g/mol. The van der Waals surface area contributed by atoms with Crippen molar-refractivity contribution in [2.45, 2.75) is 43.3 Å². The monoisotopic (exact) mass is 447 g/mol. The lowest BCUT2D eigenvalue weighted by Crippen LogP contribution is -2.39. The van der Waals surface area contributed by atoms with Gasteiger partial charge in [0.15, 0.2) is 5.65 Å². The molecule has 142 valence electrons. The van der Waals surface area contributed by atoms with Crippen LogP contribution in [0.3, 0.4) is 0 Å². The van der Waals surface area contributed by atoms with Crippen LogP contribution in [0.1, 0.15) is 32.1 Å². The van der Waals surface area contributed by atoms with Crippen molar-refractivity contribution >= 4 is 55.7 Å². The number of nitrogens with zero attached hydrogens (tertiary/aromatic N) is 5. The van der Waals surface area contributed by atoms with Crippen molar-refractivity contribution in [3.63, 3.8) is 0 Å². The Hall–Kier alpha value is -1.67. The number of benzene rings is 1. The van der Waals surface area contributed by atoms with Crippen LogP contribution in [0.25, 0.3) is 22.1 Å². The van der Waals surface area contributed by atoms with E-state index in [2.05, 4.69) is 31.1 Å². The van der Waals surface area contributed by atoms with E-state index in [-0.39, 0.29) is 5.91 Å². The van der Waals surface area contributed by atoms with Gasteiger partial charge in [0.25, 0.3) is 0 Å². The molecule has 1 aromatic carbocycles. The van der Waals surface area contributed by atoms with E-state index in [0.29, 0.717) is 17.0 Å². The van der Waals surface area contributed by atoms with Crippen molar-refractivity contribution in [1.82, 2.24) is 24.6 Å². The molecule has 0 spiro atoms. The highest BCUT2D eigenvalue weighted by molar-refractivity contribution is 9.10. The molecule has 2 heterocycles. The van der Waals surface area contributed by atoms with Crippen LogP contribution < -0.4 is 0 Å². The Labute approximate surface area is 170 Å². The van der Waals surface area contributed by atoms with Crippen LogP contribution in [-0.2, 0) is 11.8 Å². The number of fused-ring (bicyclic) bond motifs is 3. The number of halogens is 1. The van der Waals surface area contributed by atoms with Crippen LogP contribution in [0.15, 0.2) is 27.8 Å². The SMILES string of the molecule is CN(C(=O)CSc1nnc2c3cc(Br)ccc3n(C)c2n1)C1CCCCC1. The third kappa shape index (κ3) is 3.69. The summed E-state index contributed by atoms with van der Waals surface area (Å²) in [4.78, 5) is 19.1. The fourth-order valence-corrected chi connectivity index (χ4v) is 4.84. The summed E-state index contributed by atoms with van der Waals surface area (Å²) in [7, 11) is 3.90. The highest BCUT2D eigenvalue weighted by atomic mass is 79.9. The van der Waals surface area contributed by atoms with Gasteiger partial charge in [-0.25, -0.2) is 4.98 Å². The van der Waals surface area contributed by atoms with Gasteiger partial charge in [-0.1, -0.05) is 47.0 Å². The van der Waals surface area contributed by atoms with E-state index < -0.39 is 0 Å². The van der Waals surface area contributed by atoms with E-state index in [1.165, 1.54) is 31.0 Å². The molecule has 2 aromatic heterocycles. The predicted octanol–water partition coefficient (Wildman–Crippen LogP) is 4.16. The first kappa shape index (κ1) is 18.7. The second kappa shape index (κ2) is 7.75. The summed E-state index contributed by atoms with van der Waals surface area (Å²) < 4.78 is 3.02. The van der Waals surface area contributed by atoms with E-state index in [4.69, 9.17) is 0 Å². The number of rotatable bonds is 4. The number of hydrogen-bond acceptors (Lipinski definition) is 5. The van der Waals surface area contributed by atoms with Crippen molar-refractivity contribution in [3.05, 3.63) is 22.7 Å². The van der Waals surface area contributed by atoms with Gasteiger partial charge in [-0.3, -0.25) is 4.79 Å². The molecule has 27 heavy (non-hydrogen) atoms. The van der Waals surface area contributed by atoms with E-state index in [1.54, 1.807) is 0 Å². The zero-order chi connectivity index (χ0) is 19.0. The third-order valence-corrected chi connectivity index (χ3v) is 6.70. The number of carbonyl (C=O) groups is 1. The van der Waals surface area contributed by atoms with E-state index >= 15 is 0 Å². The van der Waals surface area contributed by atoms with Gasteiger partial charge in [0.05, 0.1) is 11.3 Å². The van der Waals surface area contributed by atoms with Crippen LogP contribution in [0, 0.1) is 0 Å². The number of hydrogen-bond donors (Lipinski definition) is 0. The molecule has 1 aliphatic carbocycles. The molecule has 6 nitrogen and oxygen atoms in total. The minimum Gasteiger partial charge on any atom is -0.342 e. The molecule has 1 aliphatic rings. The number of aryl methyl sites for hydroxylation is 1. The maximum atomic E-state index is 12.5. The normalized spacial score (nSPS) is 15.5. The molecule has 0 N–H and O–H groups in total. The Morgan fingerprint density at radius 3 is 2.85 bits per heavy atom. The molecule has 0 atom stereocenters. The molecule has 1 fully saturated rings. The minimum absolute atomic E-state index is 0.136. The summed E-state index contributed by atoms with van der Waals surface area (Å²) in [5, 5.41) is 10.2. The van der Waals surface area contributed by atoms with Gasteiger partial charge < -0.3 is 9.47 Å². The number of aromatic nitrogens is 4. The second-order valence-corrected chi connectivity index (χ2v) is 8.93. The molecule has 0 radical (unpaired) electrons. The van der Waals surface area contributed by atoms with Crippen molar-refractivity contribution < 1.29 is 4.79 Å². The lowest BCUT2D eigenvalue weighted by molar-refractivity contribution is -0.129. The highest BCUT2D eigenvalue weighted by Gasteiger charge is 2.22. The molecular formula is C19H22BrN5OS. The van der Waals surface area contributed by atoms with Gasteiger partial charge in [-0.15, -0.1) is 10.2 Å². The Bertz CT molecular complexity index is 999. The van der Waals surface area contributed by atoms with Crippen LogP contribution in [0.2, 0.25) is 0 Å². The maximum absolute atomic E-state index is 12.5. The number of carbonyl (C=O) groups excluding carboxylic acids is 1. The van der Waals surface area contributed by atoms with Gasteiger partial charge in [0, 0.05) is 30.0 Å². The largest absolute Gasteiger partial charge is 0.342 e. The quantitative estimate of drug-likeness (QED) is 0.561. The summed E-state index contributed by atoms with van der Waals surface area (Å²) in [6.45, 7) is 0. The molecule has 0 aliphatic heterocycles. The third-order valence-electron chi connectivity index (χ3n) is 5.38. The average Bonchev–Trinajstić information content (AvgIpc) is 2.97. The fraction of sp³-hybridized carbons (Fsp3) is 0.474. The molecule has 4 rings (SSSR count). The number of amides is 1. The van der Waals surface area contributed by atoms with Crippen LogP contribution in [0.4, 0.5) is 0 Å². The molecule has 0 unspecified atom stereocenters. The summed E-state index contributed by atoms with van der Waals surface area (Å²) >= 11 is 4.86. The smallest absolute Gasteiger partial charge is 0.233 e. The first-order chi connectivity index (χ1) is 13.0. The second-order valence-electron chi connectivity index (χ2n) is 7.07. The van der Waals surface area contributed by atoms with Gasteiger partial charge in [-0.2, -0.15) is 0 Å². The van der Waals surface area contributed by atoms with Gasteiger partial charge in [-0.05, 0) is 31.0 Å². The Kier molecular flexibility index (Phi) is 5.36. The predicted molar refractivity (Wildman–Crippen MR) is 112 cm³/mol. The van der Waals surface area contributed by atoms with E-state index in [9.17, 15) is 4.79 Å². The summed E-state index contributed by atoms with van der Waals surface area (Å²) in [6.07, 6.45) is 5.95. The van der Waals surface area contributed by atoms with Gasteiger partial charge in [0.1, 0.15) is 5.52 Å². The van der Waals surface area contributed by atoms with Gasteiger partial charge in [0.2, 0.25) is 11.1 Å². The molecule has 0 bridgehead atoms. The van der Waals surface area contributed by atoms with Crippen LogP contribution in [-0.4, -0.2) is 49.4 Å². The zero-order valence-electron chi connectivity index (χ0n) is 15.5. The lowest BCUT2D eigenvalue weighted by atomic mass is 9.94. The maximum Gasteiger partial charge on any atom is 0.233 e. The van der Waals surface area contributed by atoms with Crippen molar-refractivity contribution in [2.24, 2.45) is 7.05 Å². The molecule has 1 amide bonds. The first-order valence-electron chi connectivity index (χ1n) is 9.21. The topological polar surface area (TPSA) is 63.9 Å². The van der Waals surface area contributed by atoms with Gasteiger partial charge >= 0.3 is 0 Å². The standard InChI is InChI=1S/C19H22BrN5OS/c1-24(13-6-4-3-5-7-13)16(26)11-27-19-21-18-17(22-23-19)14-10-12(20)8-9-15(14)25(18)2/h8-10,13H,3-7,11H2,1-2H3. The first-order valence-corrected chi connectivity index (χ1v) is 11.0. The fourth-order valence-electron chi connectivity index (χ4n) is 3.78.